The fourth-order valence-corrected chi connectivity index (χ4v) is 2.53. The Balaban J connectivity index is 2.23. The van der Waals surface area contributed by atoms with Gasteiger partial charge in [-0.3, -0.25) is 10.1 Å². The molecule has 0 spiro atoms. The number of hydrogen-bond acceptors (Lipinski definition) is 5. The van der Waals surface area contributed by atoms with Crippen LogP contribution in [-0.4, -0.2) is 23.1 Å². The number of carboxylic acid groups (broad SMARTS) is 1. The van der Waals surface area contributed by atoms with Crippen molar-refractivity contribution in [1.29, 1.82) is 0 Å². The largest absolute Gasteiger partial charge is 0.496 e. The van der Waals surface area contributed by atoms with Crippen LogP contribution in [0.25, 0.3) is 0 Å². The van der Waals surface area contributed by atoms with Crippen molar-refractivity contribution < 1.29 is 19.6 Å². The number of carbonyl (C=O) groups is 1. The summed E-state index contributed by atoms with van der Waals surface area (Å²) in [6.07, 6.45) is 0. The molecule has 0 fully saturated rings. The zero-order valence-electron chi connectivity index (χ0n) is 11.0. The van der Waals surface area contributed by atoms with Gasteiger partial charge in [-0.1, -0.05) is 11.8 Å². The lowest BCUT2D eigenvalue weighted by Gasteiger charge is -2.07. The molecule has 21 heavy (non-hydrogen) atoms. The van der Waals surface area contributed by atoms with Crippen LogP contribution >= 0.6 is 11.8 Å². The number of aromatic carboxylic acids is 1. The van der Waals surface area contributed by atoms with Gasteiger partial charge in [0.05, 0.1) is 12.0 Å². The average molecular weight is 305 g/mol. The summed E-state index contributed by atoms with van der Waals surface area (Å²) in [7, 11) is 1.40. The number of hydrogen-bond donors (Lipinski definition) is 1. The lowest BCUT2D eigenvalue weighted by Crippen LogP contribution is -2.00. The van der Waals surface area contributed by atoms with Gasteiger partial charge in [0.25, 0.3) is 5.69 Å². The van der Waals surface area contributed by atoms with Crippen LogP contribution in [0.15, 0.2) is 52.3 Å². The smallest absolute Gasteiger partial charge is 0.339 e. The molecule has 0 bridgehead atoms. The minimum Gasteiger partial charge on any atom is -0.496 e. The molecule has 2 aromatic carbocycles. The van der Waals surface area contributed by atoms with Gasteiger partial charge in [0.15, 0.2) is 0 Å². The van der Waals surface area contributed by atoms with E-state index in [0.717, 1.165) is 9.79 Å². The van der Waals surface area contributed by atoms with Crippen molar-refractivity contribution in [3.63, 3.8) is 0 Å². The third-order valence-electron chi connectivity index (χ3n) is 2.69. The highest BCUT2D eigenvalue weighted by molar-refractivity contribution is 7.99. The van der Waals surface area contributed by atoms with E-state index in [9.17, 15) is 14.9 Å². The first-order valence-corrected chi connectivity index (χ1v) is 6.66. The Kier molecular flexibility index (Phi) is 4.44. The number of ether oxygens (including phenoxy) is 1. The van der Waals surface area contributed by atoms with E-state index >= 15 is 0 Å². The van der Waals surface area contributed by atoms with E-state index < -0.39 is 10.9 Å². The molecule has 0 heterocycles. The molecule has 0 amide bonds. The van der Waals surface area contributed by atoms with Gasteiger partial charge in [0.2, 0.25) is 0 Å². The van der Waals surface area contributed by atoms with Crippen molar-refractivity contribution >= 4 is 23.4 Å². The van der Waals surface area contributed by atoms with Crippen LogP contribution in [-0.2, 0) is 0 Å². The van der Waals surface area contributed by atoms with Gasteiger partial charge in [-0.05, 0) is 30.3 Å². The minimum absolute atomic E-state index is 0.0261. The molecule has 6 nitrogen and oxygen atoms in total. The van der Waals surface area contributed by atoms with Gasteiger partial charge in [-0.2, -0.15) is 0 Å². The number of rotatable bonds is 5. The van der Waals surface area contributed by atoms with Crippen molar-refractivity contribution in [2.24, 2.45) is 0 Å². The second-order valence-electron chi connectivity index (χ2n) is 4.02. The third kappa shape index (κ3) is 3.51. The summed E-state index contributed by atoms with van der Waals surface area (Å²) in [5.74, 6) is -0.784. The van der Waals surface area contributed by atoms with Crippen LogP contribution in [0.2, 0.25) is 0 Å². The SMILES string of the molecule is COc1cc(Sc2ccc([N+](=O)[O-])cc2)ccc1C(=O)O. The standard InChI is InChI=1S/C14H11NO5S/c1-20-13-8-11(6-7-12(13)14(16)17)21-10-4-2-9(3-5-10)15(18)19/h2-8H,1H3,(H,16,17). The molecular weight excluding hydrogens is 294 g/mol. The zero-order valence-corrected chi connectivity index (χ0v) is 11.8. The number of nitrogens with zero attached hydrogens (tertiary/aromatic N) is 1. The van der Waals surface area contributed by atoms with Crippen molar-refractivity contribution in [3.8, 4) is 5.75 Å². The fraction of sp³-hybridized carbons (Fsp3) is 0.0714. The number of nitro benzene ring substituents is 1. The van der Waals surface area contributed by atoms with Crippen LogP contribution in [0.1, 0.15) is 10.4 Å². The van der Waals surface area contributed by atoms with Gasteiger partial charge >= 0.3 is 5.97 Å². The molecule has 0 saturated heterocycles. The zero-order chi connectivity index (χ0) is 15.4. The number of carboxylic acids is 1. The molecule has 0 aliphatic carbocycles. The molecule has 1 N–H and O–H groups in total. The van der Waals surface area contributed by atoms with Gasteiger partial charge < -0.3 is 9.84 Å². The van der Waals surface area contributed by atoms with E-state index in [1.807, 2.05) is 0 Å². The highest BCUT2D eigenvalue weighted by Gasteiger charge is 2.12. The lowest BCUT2D eigenvalue weighted by molar-refractivity contribution is -0.384. The van der Waals surface area contributed by atoms with Gasteiger partial charge in [0, 0.05) is 21.9 Å². The van der Waals surface area contributed by atoms with Crippen LogP contribution in [0.4, 0.5) is 5.69 Å². The topological polar surface area (TPSA) is 89.7 Å². The summed E-state index contributed by atoms with van der Waals surface area (Å²) >= 11 is 1.36. The second-order valence-corrected chi connectivity index (χ2v) is 5.17. The number of nitro groups is 1. The summed E-state index contributed by atoms with van der Waals surface area (Å²) < 4.78 is 5.05. The minimum atomic E-state index is -1.06. The average Bonchev–Trinajstić information content (AvgIpc) is 2.47. The van der Waals surface area contributed by atoms with Crippen LogP contribution < -0.4 is 4.74 Å². The first-order chi connectivity index (χ1) is 10.0. The Hall–Kier alpha value is -2.54. The van der Waals surface area contributed by atoms with Gasteiger partial charge in [0.1, 0.15) is 11.3 Å². The summed E-state index contributed by atoms with van der Waals surface area (Å²) in [5, 5.41) is 19.6. The predicted molar refractivity (Wildman–Crippen MR) is 77.2 cm³/mol. The summed E-state index contributed by atoms with van der Waals surface area (Å²) in [4.78, 5) is 22.7. The van der Waals surface area contributed by atoms with Crippen LogP contribution in [0.5, 0.6) is 5.75 Å². The normalized spacial score (nSPS) is 10.1. The molecule has 2 rings (SSSR count). The molecule has 0 aliphatic rings. The van der Waals surface area contributed by atoms with E-state index in [0.29, 0.717) is 0 Å². The van der Waals surface area contributed by atoms with E-state index in [2.05, 4.69) is 0 Å². The molecule has 0 atom stereocenters. The molecule has 0 aliphatic heterocycles. The van der Waals surface area contributed by atoms with E-state index in [4.69, 9.17) is 9.84 Å². The Labute approximate surface area is 124 Å². The molecule has 0 saturated carbocycles. The Bertz CT molecular complexity index is 684. The third-order valence-corrected chi connectivity index (χ3v) is 3.68. The van der Waals surface area contributed by atoms with Gasteiger partial charge in [-0.15, -0.1) is 0 Å². The maximum absolute atomic E-state index is 11.0. The van der Waals surface area contributed by atoms with Crippen LogP contribution in [0, 0.1) is 10.1 Å². The monoisotopic (exact) mass is 305 g/mol. The summed E-state index contributed by atoms with van der Waals surface area (Å²) in [6.45, 7) is 0. The molecular formula is C14H11NO5S. The van der Waals surface area contributed by atoms with Crippen LogP contribution in [0.3, 0.4) is 0 Å². The number of non-ortho nitro benzene ring substituents is 1. The predicted octanol–water partition coefficient (Wildman–Crippen LogP) is 3.45. The van der Waals surface area contributed by atoms with Crippen molar-refractivity contribution in [2.45, 2.75) is 9.79 Å². The maximum atomic E-state index is 11.0. The van der Waals surface area contributed by atoms with E-state index in [1.54, 1.807) is 24.3 Å². The van der Waals surface area contributed by atoms with Crippen molar-refractivity contribution in [2.75, 3.05) is 7.11 Å². The van der Waals surface area contributed by atoms with E-state index in [1.165, 1.54) is 37.1 Å². The molecule has 0 aromatic heterocycles. The van der Waals surface area contributed by atoms with Crippen molar-refractivity contribution in [3.05, 3.63) is 58.1 Å². The molecule has 0 unspecified atom stereocenters. The molecule has 0 radical (unpaired) electrons. The summed E-state index contributed by atoms with van der Waals surface area (Å²) in [5.41, 5.74) is 0.115. The summed E-state index contributed by atoms with van der Waals surface area (Å²) in [6, 6.07) is 10.9. The molecule has 108 valence electrons. The molecule has 7 heteroatoms. The highest BCUT2D eigenvalue weighted by atomic mass is 32.2. The first kappa shape index (κ1) is 14.9. The number of benzene rings is 2. The van der Waals surface area contributed by atoms with Crippen molar-refractivity contribution in [1.82, 2.24) is 0 Å². The Morgan fingerprint density at radius 2 is 1.81 bits per heavy atom. The molecule has 2 aromatic rings. The maximum Gasteiger partial charge on any atom is 0.339 e. The highest BCUT2D eigenvalue weighted by Crippen LogP contribution is 2.32. The Morgan fingerprint density at radius 1 is 1.19 bits per heavy atom. The second kappa shape index (κ2) is 6.27. The Morgan fingerprint density at radius 3 is 2.33 bits per heavy atom. The number of methoxy groups -OCH3 is 1. The lowest BCUT2D eigenvalue weighted by atomic mass is 10.2. The quantitative estimate of drug-likeness (QED) is 0.672. The fourth-order valence-electron chi connectivity index (χ4n) is 1.68. The first-order valence-electron chi connectivity index (χ1n) is 5.85. The van der Waals surface area contributed by atoms with Gasteiger partial charge in [-0.25, -0.2) is 4.79 Å². The van der Waals surface area contributed by atoms with E-state index in [-0.39, 0.29) is 17.0 Å².